The number of carbonyl (C=O) groups excluding carboxylic acids is 1. The Morgan fingerprint density at radius 2 is 1.77 bits per heavy atom. The van der Waals surface area contributed by atoms with Crippen molar-refractivity contribution in [3.8, 4) is 5.75 Å². The van der Waals surface area contributed by atoms with Gasteiger partial charge in [0.15, 0.2) is 6.10 Å². The highest BCUT2D eigenvalue weighted by molar-refractivity contribution is 7.89. The van der Waals surface area contributed by atoms with Crippen LogP contribution < -0.4 is 20.1 Å². The van der Waals surface area contributed by atoms with Crippen LogP contribution in [0.4, 0.5) is 5.69 Å². The van der Waals surface area contributed by atoms with E-state index in [1.54, 1.807) is 13.0 Å². The third kappa shape index (κ3) is 4.02. The summed E-state index contributed by atoms with van der Waals surface area (Å²) in [5.41, 5.74) is 0.0489. The SMILES string of the molecule is CC1Oc2ccc(S(=O)(=O)NC3CC(C)(C)NC(C)(C)C3)cc2NC1=O. The van der Waals surface area contributed by atoms with Gasteiger partial charge in [0, 0.05) is 17.1 Å². The molecule has 0 radical (unpaired) electrons. The Morgan fingerprint density at radius 1 is 1.15 bits per heavy atom. The Balaban J connectivity index is 1.83. The summed E-state index contributed by atoms with van der Waals surface area (Å²) in [6.45, 7) is 9.93. The van der Waals surface area contributed by atoms with E-state index in [0.717, 1.165) is 0 Å². The molecule has 7 nitrogen and oxygen atoms in total. The Labute approximate surface area is 154 Å². The molecule has 0 bridgehead atoms. The summed E-state index contributed by atoms with van der Waals surface area (Å²) in [4.78, 5) is 11.9. The highest BCUT2D eigenvalue weighted by atomic mass is 32.2. The van der Waals surface area contributed by atoms with Crippen LogP contribution in [0.3, 0.4) is 0 Å². The summed E-state index contributed by atoms with van der Waals surface area (Å²) in [7, 11) is -3.71. The average Bonchev–Trinajstić information content (AvgIpc) is 2.44. The van der Waals surface area contributed by atoms with Gasteiger partial charge in [-0.05, 0) is 65.7 Å². The molecule has 1 saturated heterocycles. The van der Waals surface area contributed by atoms with Crippen LogP contribution in [0.2, 0.25) is 0 Å². The maximum Gasteiger partial charge on any atom is 0.265 e. The lowest BCUT2D eigenvalue weighted by Gasteiger charge is -2.46. The van der Waals surface area contributed by atoms with Crippen LogP contribution in [-0.4, -0.2) is 37.5 Å². The number of benzene rings is 1. The number of rotatable bonds is 3. The number of carbonyl (C=O) groups is 1. The van der Waals surface area contributed by atoms with Crippen LogP contribution in [0, 0.1) is 0 Å². The fraction of sp³-hybridized carbons (Fsp3) is 0.611. The molecular formula is C18H27N3O4S. The van der Waals surface area contributed by atoms with Gasteiger partial charge in [0.05, 0.1) is 10.6 Å². The summed E-state index contributed by atoms with van der Waals surface area (Å²) in [5, 5.41) is 6.22. The minimum atomic E-state index is -3.71. The van der Waals surface area contributed by atoms with Crippen molar-refractivity contribution >= 4 is 21.6 Å². The first-order chi connectivity index (χ1) is 11.9. The molecule has 0 saturated carbocycles. The van der Waals surface area contributed by atoms with Crippen LogP contribution in [0.15, 0.2) is 23.1 Å². The molecule has 2 aliphatic rings. The van der Waals surface area contributed by atoms with Crippen molar-refractivity contribution in [1.29, 1.82) is 0 Å². The van der Waals surface area contributed by atoms with Gasteiger partial charge in [-0.1, -0.05) is 0 Å². The van der Waals surface area contributed by atoms with E-state index in [4.69, 9.17) is 4.74 Å². The van der Waals surface area contributed by atoms with Gasteiger partial charge in [-0.25, -0.2) is 13.1 Å². The molecular weight excluding hydrogens is 354 g/mol. The smallest absolute Gasteiger partial charge is 0.265 e. The fourth-order valence-corrected chi connectivity index (χ4v) is 5.31. The second-order valence-electron chi connectivity index (χ2n) is 8.53. The summed E-state index contributed by atoms with van der Waals surface area (Å²) in [6.07, 6.45) is 0.790. The summed E-state index contributed by atoms with van der Waals surface area (Å²) in [6, 6.07) is 4.35. The minimum absolute atomic E-state index is 0.115. The summed E-state index contributed by atoms with van der Waals surface area (Å²) in [5.74, 6) is 0.182. The lowest BCUT2D eigenvalue weighted by Crippen LogP contribution is -2.62. The van der Waals surface area contributed by atoms with Gasteiger partial charge >= 0.3 is 0 Å². The number of fused-ring (bicyclic) bond motifs is 1. The zero-order valence-corrected chi connectivity index (χ0v) is 16.7. The van der Waals surface area contributed by atoms with Crippen molar-refractivity contribution in [2.45, 2.75) is 75.6 Å². The molecule has 144 valence electrons. The minimum Gasteiger partial charge on any atom is -0.479 e. The third-order valence-corrected chi connectivity index (χ3v) is 6.22. The van der Waals surface area contributed by atoms with Crippen LogP contribution in [0.5, 0.6) is 5.75 Å². The Bertz CT molecular complexity index is 817. The van der Waals surface area contributed by atoms with E-state index < -0.39 is 16.1 Å². The topological polar surface area (TPSA) is 96.5 Å². The van der Waals surface area contributed by atoms with Crippen molar-refractivity contribution in [1.82, 2.24) is 10.0 Å². The zero-order chi connectivity index (χ0) is 19.3. The van der Waals surface area contributed by atoms with Gasteiger partial charge in [-0.3, -0.25) is 4.79 Å². The number of amides is 1. The molecule has 2 aliphatic heterocycles. The fourth-order valence-electron chi connectivity index (χ4n) is 4.05. The molecule has 1 atom stereocenters. The van der Waals surface area contributed by atoms with Gasteiger partial charge in [-0.15, -0.1) is 0 Å². The van der Waals surface area contributed by atoms with Gasteiger partial charge < -0.3 is 15.4 Å². The lowest BCUT2D eigenvalue weighted by molar-refractivity contribution is -0.122. The molecule has 1 fully saturated rings. The average molecular weight is 381 g/mol. The third-order valence-electron chi connectivity index (χ3n) is 4.70. The maximum absolute atomic E-state index is 12.9. The molecule has 3 rings (SSSR count). The highest BCUT2D eigenvalue weighted by Gasteiger charge is 2.39. The second kappa shape index (κ2) is 6.21. The monoisotopic (exact) mass is 381 g/mol. The molecule has 0 aromatic heterocycles. The van der Waals surface area contributed by atoms with Gasteiger partial charge in [-0.2, -0.15) is 0 Å². The maximum atomic E-state index is 12.9. The highest BCUT2D eigenvalue weighted by Crippen LogP contribution is 2.33. The summed E-state index contributed by atoms with van der Waals surface area (Å²) >= 11 is 0. The molecule has 26 heavy (non-hydrogen) atoms. The Morgan fingerprint density at radius 3 is 2.38 bits per heavy atom. The molecule has 3 N–H and O–H groups in total. The van der Waals surface area contributed by atoms with Crippen molar-refractivity contribution < 1.29 is 17.9 Å². The standard InChI is InChI=1S/C18H27N3O4S/c1-11-16(22)19-14-8-13(6-7-15(14)25-11)26(23,24)20-12-9-17(2,3)21-18(4,5)10-12/h6-8,11-12,20-21H,9-10H2,1-5H3,(H,19,22). The zero-order valence-electron chi connectivity index (χ0n) is 15.8. The molecule has 1 amide bonds. The van der Waals surface area contributed by atoms with Crippen molar-refractivity contribution in [3.05, 3.63) is 18.2 Å². The van der Waals surface area contributed by atoms with Crippen LogP contribution in [-0.2, 0) is 14.8 Å². The van der Waals surface area contributed by atoms with Gasteiger partial charge in [0.1, 0.15) is 5.75 Å². The predicted octanol–water partition coefficient (Wildman–Crippen LogP) is 1.99. The first-order valence-corrected chi connectivity index (χ1v) is 10.3. The number of ether oxygens (including phenoxy) is 1. The number of piperidine rings is 1. The molecule has 1 unspecified atom stereocenters. The quantitative estimate of drug-likeness (QED) is 0.744. The van der Waals surface area contributed by atoms with E-state index in [1.165, 1.54) is 12.1 Å². The van der Waals surface area contributed by atoms with Crippen LogP contribution >= 0.6 is 0 Å². The first kappa shape index (κ1) is 19.1. The molecule has 0 aliphatic carbocycles. The van der Waals surface area contributed by atoms with Crippen molar-refractivity contribution in [3.63, 3.8) is 0 Å². The van der Waals surface area contributed by atoms with E-state index in [2.05, 4.69) is 43.1 Å². The summed E-state index contributed by atoms with van der Waals surface area (Å²) < 4.78 is 34.0. The molecule has 1 aromatic rings. The predicted molar refractivity (Wildman–Crippen MR) is 99.8 cm³/mol. The Kier molecular flexibility index (Phi) is 4.57. The lowest BCUT2D eigenvalue weighted by atomic mass is 9.80. The molecule has 2 heterocycles. The Hall–Kier alpha value is -1.64. The number of hydrogen-bond donors (Lipinski definition) is 3. The first-order valence-electron chi connectivity index (χ1n) is 8.80. The number of hydrogen-bond acceptors (Lipinski definition) is 5. The second-order valence-corrected chi connectivity index (χ2v) is 10.2. The van der Waals surface area contributed by atoms with E-state index in [0.29, 0.717) is 24.3 Å². The molecule has 0 spiro atoms. The van der Waals surface area contributed by atoms with Gasteiger partial charge in [0.2, 0.25) is 10.0 Å². The van der Waals surface area contributed by atoms with Crippen LogP contribution in [0.1, 0.15) is 47.5 Å². The van der Waals surface area contributed by atoms with E-state index in [-0.39, 0.29) is 27.9 Å². The number of sulfonamides is 1. The van der Waals surface area contributed by atoms with E-state index >= 15 is 0 Å². The normalized spacial score (nSPS) is 25.1. The number of anilines is 1. The van der Waals surface area contributed by atoms with E-state index in [9.17, 15) is 13.2 Å². The van der Waals surface area contributed by atoms with E-state index in [1.807, 2.05) is 0 Å². The van der Waals surface area contributed by atoms with Crippen molar-refractivity contribution in [2.75, 3.05) is 5.32 Å². The molecule has 8 heteroatoms. The number of nitrogens with one attached hydrogen (secondary N) is 3. The largest absolute Gasteiger partial charge is 0.479 e. The van der Waals surface area contributed by atoms with Gasteiger partial charge in [0.25, 0.3) is 5.91 Å². The van der Waals surface area contributed by atoms with Crippen molar-refractivity contribution in [2.24, 2.45) is 0 Å². The van der Waals surface area contributed by atoms with Crippen LogP contribution in [0.25, 0.3) is 0 Å². The molecule has 1 aromatic carbocycles.